The Morgan fingerprint density at radius 3 is 1.41 bits per heavy atom. The van der Waals surface area contributed by atoms with E-state index in [1.807, 2.05) is 18.2 Å². The maximum atomic E-state index is 14.5. The molecule has 1 heterocycles. The van der Waals surface area contributed by atoms with E-state index in [9.17, 15) is 9.59 Å². The Hall–Kier alpha value is -3.40. The Balaban J connectivity index is 1.49. The standard InChI is InChI=1S/C59H92N2O2/c1-7-13-17-19-21-23-25-27-29-34-53(35-30-28-26-24-22-20-18-14-8-2)61-58(62)55-37-31-36-54-51(42-45-56(57(54)55)59(61)63)41-38-50-39-43-52(44-40-50)60(46-48(11-5)32-15-9-3)47-49(12-6)33-16-10-4/h31,36-45,48-49,53H,7-30,32-35,46-47H2,1-6H3. The lowest BCUT2D eigenvalue weighted by Gasteiger charge is -2.34. The van der Waals surface area contributed by atoms with E-state index < -0.39 is 0 Å². The van der Waals surface area contributed by atoms with Gasteiger partial charge < -0.3 is 4.90 Å². The summed E-state index contributed by atoms with van der Waals surface area (Å²) in [6.45, 7) is 16.1. The fourth-order valence-electron chi connectivity index (χ4n) is 10.1. The highest BCUT2D eigenvalue weighted by atomic mass is 16.2. The van der Waals surface area contributed by atoms with Crippen LogP contribution in [-0.4, -0.2) is 35.8 Å². The van der Waals surface area contributed by atoms with Gasteiger partial charge >= 0.3 is 0 Å². The zero-order valence-electron chi connectivity index (χ0n) is 41.5. The molecule has 3 aromatic rings. The summed E-state index contributed by atoms with van der Waals surface area (Å²) in [6.07, 6.45) is 39.3. The zero-order chi connectivity index (χ0) is 45.1. The fourth-order valence-corrected chi connectivity index (χ4v) is 10.1. The summed E-state index contributed by atoms with van der Waals surface area (Å²) in [6, 6.07) is 19.3. The van der Waals surface area contributed by atoms with Gasteiger partial charge in [0.1, 0.15) is 0 Å². The SMILES string of the molecule is CCCCCCCCCCCC(CCCCCCCCCCC)N1C(=O)c2cccc3c(C=Cc4ccc(N(CC(CC)CCCC)CC(CC)CCCC)cc4)ccc(c23)C1=O. The van der Waals surface area contributed by atoms with E-state index in [0.29, 0.717) is 11.1 Å². The van der Waals surface area contributed by atoms with Gasteiger partial charge in [0.2, 0.25) is 0 Å². The van der Waals surface area contributed by atoms with Crippen molar-refractivity contribution in [3.63, 3.8) is 0 Å². The Bertz CT molecular complexity index is 1680. The molecule has 0 saturated carbocycles. The highest BCUT2D eigenvalue weighted by Crippen LogP contribution is 2.36. The first-order valence-electron chi connectivity index (χ1n) is 26.9. The first kappa shape index (κ1) is 52.2. The molecule has 0 radical (unpaired) electrons. The van der Waals surface area contributed by atoms with Gasteiger partial charge in [-0.25, -0.2) is 0 Å². The molecule has 0 saturated heterocycles. The van der Waals surface area contributed by atoms with Crippen molar-refractivity contribution in [3.8, 4) is 0 Å². The number of unbranched alkanes of at least 4 members (excludes halogenated alkanes) is 18. The molecular formula is C59H92N2O2. The van der Waals surface area contributed by atoms with E-state index in [0.717, 1.165) is 72.5 Å². The average Bonchev–Trinajstić information content (AvgIpc) is 3.31. The molecular weight excluding hydrogens is 769 g/mol. The number of carbonyl (C=O) groups excluding carboxylic acids is 2. The number of anilines is 1. The first-order valence-corrected chi connectivity index (χ1v) is 26.9. The van der Waals surface area contributed by atoms with Crippen molar-refractivity contribution in [2.45, 2.75) is 227 Å². The topological polar surface area (TPSA) is 40.6 Å². The minimum Gasteiger partial charge on any atom is -0.371 e. The third kappa shape index (κ3) is 17.2. The van der Waals surface area contributed by atoms with Crippen LogP contribution in [0.1, 0.15) is 253 Å². The number of imide groups is 1. The van der Waals surface area contributed by atoms with Crippen LogP contribution in [0, 0.1) is 11.8 Å². The monoisotopic (exact) mass is 861 g/mol. The lowest BCUT2D eigenvalue weighted by Crippen LogP contribution is -2.47. The van der Waals surface area contributed by atoms with E-state index in [4.69, 9.17) is 0 Å². The Morgan fingerprint density at radius 2 is 0.937 bits per heavy atom. The smallest absolute Gasteiger partial charge is 0.261 e. The molecule has 1 aliphatic heterocycles. The van der Waals surface area contributed by atoms with Crippen LogP contribution < -0.4 is 4.90 Å². The number of carbonyl (C=O) groups is 2. The Morgan fingerprint density at radius 1 is 0.476 bits per heavy atom. The van der Waals surface area contributed by atoms with Crippen LogP contribution in [0.15, 0.2) is 54.6 Å². The molecule has 0 fully saturated rings. The molecule has 350 valence electrons. The predicted molar refractivity (Wildman–Crippen MR) is 276 cm³/mol. The summed E-state index contributed by atoms with van der Waals surface area (Å²) in [5.74, 6) is 1.24. The number of hydrogen-bond donors (Lipinski definition) is 0. The fraction of sp³-hybridized carbons (Fsp3) is 0.661. The summed E-state index contributed by atoms with van der Waals surface area (Å²) in [4.78, 5) is 33.4. The Labute approximate surface area is 387 Å². The zero-order valence-corrected chi connectivity index (χ0v) is 41.5. The van der Waals surface area contributed by atoms with Gasteiger partial charge in [0.25, 0.3) is 11.8 Å². The molecule has 0 aliphatic carbocycles. The summed E-state index contributed by atoms with van der Waals surface area (Å²) >= 11 is 0. The minimum atomic E-state index is -0.101. The lowest BCUT2D eigenvalue weighted by atomic mass is 9.89. The highest BCUT2D eigenvalue weighted by molar-refractivity contribution is 6.26. The van der Waals surface area contributed by atoms with Crippen molar-refractivity contribution in [2.75, 3.05) is 18.0 Å². The second kappa shape index (κ2) is 30.7. The average molecular weight is 861 g/mol. The van der Waals surface area contributed by atoms with Gasteiger partial charge in [-0.3, -0.25) is 14.5 Å². The van der Waals surface area contributed by atoms with Gasteiger partial charge in [-0.2, -0.15) is 0 Å². The first-order chi connectivity index (χ1) is 30.9. The molecule has 0 bridgehead atoms. The van der Waals surface area contributed by atoms with Crippen LogP contribution >= 0.6 is 0 Å². The molecule has 0 aromatic heterocycles. The van der Waals surface area contributed by atoms with Crippen LogP contribution in [0.2, 0.25) is 0 Å². The second-order valence-corrected chi connectivity index (χ2v) is 19.5. The molecule has 3 aromatic carbocycles. The van der Waals surface area contributed by atoms with Gasteiger partial charge in [-0.1, -0.05) is 238 Å². The largest absolute Gasteiger partial charge is 0.371 e. The summed E-state index contributed by atoms with van der Waals surface area (Å²) < 4.78 is 0. The summed E-state index contributed by atoms with van der Waals surface area (Å²) in [5.41, 5.74) is 4.89. The van der Waals surface area contributed by atoms with Gasteiger partial charge in [-0.15, -0.1) is 0 Å². The van der Waals surface area contributed by atoms with Crippen molar-refractivity contribution in [2.24, 2.45) is 11.8 Å². The number of amides is 2. The maximum Gasteiger partial charge on any atom is 0.261 e. The maximum absolute atomic E-state index is 14.5. The highest BCUT2D eigenvalue weighted by Gasteiger charge is 2.37. The van der Waals surface area contributed by atoms with Crippen molar-refractivity contribution in [1.29, 1.82) is 0 Å². The molecule has 4 rings (SSSR count). The molecule has 0 N–H and O–H groups in total. The van der Waals surface area contributed by atoms with E-state index in [2.05, 4.69) is 95.0 Å². The summed E-state index contributed by atoms with van der Waals surface area (Å²) in [7, 11) is 0. The lowest BCUT2D eigenvalue weighted by molar-refractivity contribution is 0.0517. The predicted octanol–water partition coefficient (Wildman–Crippen LogP) is 18.1. The van der Waals surface area contributed by atoms with Crippen molar-refractivity contribution >= 4 is 40.4 Å². The molecule has 2 amide bonds. The molecule has 2 atom stereocenters. The molecule has 1 aliphatic rings. The molecule has 2 unspecified atom stereocenters. The quantitative estimate of drug-likeness (QED) is 0.0332. The van der Waals surface area contributed by atoms with Gasteiger partial charge in [0, 0.05) is 41.3 Å². The summed E-state index contributed by atoms with van der Waals surface area (Å²) in [5, 5.41) is 1.80. The van der Waals surface area contributed by atoms with Gasteiger partial charge in [-0.05, 0) is 78.3 Å². The van der Waals surface area contributed by atoms with Crippen molar-refractivity contribution < 1.29 is 9.59 Å². The van der Waals surface area contributed by atoms with Gasteiger partial charge in [0.15, 0.2) is 0 Å². The van der Waals surface area contributed by atoms with Crippen LogP contribution in [0.5, 0.6) is 0 Å². The van der Waals surface area contributed by atoms with Crippen LogP contribution in [0.4, 0.5) is 5.69 Å². The van der Waals surface area contributed by atoms with E-state index in [-0.39, 0.29) is 17.9 Å². The van der Waals surface area contributed by atoms with Crippen molar-refractivity contribution in [3.05, 3.63) is 76.9 Å². The third-order valence-electron chi connectivity index (χ3n) is 14.4. The number of benzene rings is 3. The third-order valence-corrected chi connectivity index (χ3v) is 14.4. The van der Waals surface area contributed by atoms with Crippen LogP contribution in [-0.2, 0) is 0 Å². The Kier molecular flexibility index (Phi) is 25.4. The van der Waals surface area contributed by atoms with E-state index in [1.165, 1.54) is 160 Å². The van der Waals surface area contributed by atoms with Gasteiger partial charge in [0.05, 0.1) is 0 Å². The van der Waals surface area contributed by atoms with E-state index in [1.54, 1.807) is 4.90 Å². The van der Waals surface area contributed by atoms with Crippen LogP contribution in [0.3, 0.4) is 0 Å². The number of nitrogens with zero attached hydrogens (tertiary/aromatic N) is 2. The molecule has 4 heteroatoms. The number of rotatable bonds is 36. The van der Waals surface area contributed by atoms with Crippen LogP contribution in [0.25, 0.3) is 22.9 Å². The molecule has 4 nitrogen and oxygen atoms in total. The number of hydrogen-bond acceptors (Lipinski definition) is 3. The van der Waals surface area contributed by atoms with Crippen molar-refractivity contribution in [1.82, 2.24) is 4.90 Å². The normalized spacial score (nSPS) is 13.9. The molecule has 0 spiro atoms. The second-order valence-electron chi connectivity index (χ2n) is 19.5. The minimum absolute atomic E-state index is 0.0469. The molecule has 63 heavy (non-hydrogen) atoms. The van der Waals surface area contributed by atoms with E-state index >= 15 is 0 Å².